The molecule has 2 aromatic heterocycles. The summed E-state index contributed by atoms with van der Waals surface area (Å²) in [6.07, 6.45) is 1.78. The number of rotatable bonds is 9. The van der Waals surface area contributed by atoms with Crippen LogP contribution in [0.25, 0.3) is 4.96 Å². The van der Waals surface area contributed by atoms with E-state index in [1.807, 2.05) is 30.3 Å². The molecule has 4 aromatic rings. The molecular weight excluding hydrogens is 444 g/mol. The third-order valence-corrected chi connectivity index (χ3v) is 6.40. The Bertz CT molecular complexity index is 1270. The Labute approximate surface area is 193 Å². The van der Waals surface area contributed by atoms with Crippen molar-refractivity contribution in [2.45, 2.75) is 31.3 Å². The molecule has 0 saturated heterocycles. The minimum absolute atomic E-state index is 0.0933. The maximum atomic E-state index is 12.3. The van der Waals surface area contributed by atoms with Gasteiger partial charge >= 0.3 is 0 Å². The second kappa shape index (κ2) is 10.4. The standard InChI is InChI=1S/C23H22N4O3S2/c1-2-7-21-26-27-22(29)13-17(25-23(27)32-21)14-30-18-9-6-8-16(12-18)24-20(28)15-31-19-10-4-3-5-11-19/h3-6,8-13H,2,7,14-15H2,1H3,(H,24,28). The summed E-state index contributed by atoms with van der Waals surface area (Å²) in [7, 11) is 0. The highest BCUT2D eigenvalue weighted by Gasteiger charge is 2.10. The first-order valence-electron chi connectivity index (χ1n) is 10.2. The number of carbonyl (C=O) groups is 1. The maximum Gasteiger partial charge on any atom is 0.275 e. The van der Waals surface area contributed by atoms with Crippen LogP contribution in [-0.4, -0.2) is 26.3 Å². The van der Waals surface area contributed by atoms with Crippen molar-refractivity contribution in [3.05, 3.63) is 81.7 Å². The molecule has 2 aromatic carbocycles. The van der Waals surface area contributed by atoms with E-state index in [0.717, 1.165) is 22.7 Å². The highest BCUT2D eigenvalue weighted by atomic mass is 32.2. The Morgan fingerprint density at radius 2 is 2.00 bits per heavy atom. The van der Waals surface area contributed by atoms with Gasteiger partial charge < -0.3 is 10.1 Å². The molecule has 0 bridgehead atoms. The number of nitrogens with zero attached hydrogens (tertiary/aromatic N) is 3. The molecule has 0 fully saturated rings. The van der Waals surface area contributed by atoms with Gasteiger partial charge in [-0.1, -0.05) is 42.5 Å². The third kappa shape index (κ3) is 5.74. The monoisotopic (exact) mass is 466 g/mol. The van der Waals surface area contributed by atoms with Gasteiger partial charge in [0.05, 0.1) is 11.4 Å². The lowest BCUT2D eigenvalue weighted by molar-refractivity contribution is -0.113. The molecule has 32 heavy (non-hydrogen) atoms. The average molecular weight is 467 g/mol. The number of aromatic nitrogens is 3. The molecule has 1 N–H and O–H groups in total. The number of anilines is 1. The van der Waals surface area contributed by atoms with Crippen molar-refractivity contribution in [1.29, 1.82) is 0 Å². The van der Waals surface area contributed by atoms with Crippen molar-refractivity contribution in [3.63, 3.8) is 0 Å². The Morgan fingerprint density at radius 1 is 1.16 bits per heavy atom. The number of thioether (sulfide) groups is 1. The number of hydrogen-bond donors (Lipinski definition) is 1. The molecule has 0 spiro atoms. The third-order valence-electron chi connectivity index (χ3n) is 4.42. The van der Waals surface area contributed by atoms with Crippen LogP contribution in [0.3, 0.4) is 0 Å². The number of nitrogens with one attached hydrogen (secondary N) is 1. The van der Waals surface area contributed by atoms with E-state index < -0.39 is 0 Å². The molecule has 0 unspecified atom stereocenters. The van der Waals surface area contributed by atoms with Gasteiger partial charge in [0.2, 0.25) is 10.9 Å². The molecule has 7 nitrogen and oxygen atoms in total. The van der Waals surface area contributed by atoms with E-state index in [9.17, 15) is 9.59 Å². The zero-order valence-electron chi connectivity index (χ0n) is 17.5. The van der Waals surface area contributed by atoms with Gasteiger partial charge in [-0.05, 0) is 30.7 Å². The predicted octanol–water partition coefficient (Wildman–Crippen LogP) is 4.41. The van der Waals surface area contributed by atoms with E-state index >= 15 is 0 Å². The number of ether oxygens (including phenoxy) is 1. The maximum absolute atomic E-state index is 12.3. The second-order valence-electron chi connectivity index (χ2n) is 6.99. The van der Waals surface area contributed by atoms with Crippen molar-refractivity contribution in [1.82, 2.24) is 14.6 Å². The smallest absolute Gasteiger partial charge is 0.275 e. The minimum atomic E-state index is -0.218. The van der Waals surface area contributed by atoms with Crippen molar-refractivity contribution in [2.75, 3.05) is 11.1 Å². The van der Waals surface area contributed by atoms with Gasteiger partial charge in [0.15, 0.2) is 0 Å². The molecule has 0 atom stereocenters. The molecule has 0 radical (unpaired) electrons. The Morgan fingerprint density at radius 3 is 2.81 bits per heavy atom. The summed E-state index contributed by atoms with van der Waals surface area (Å²) in [4.78, 5) is 30.7. The molecule has 164 valence electrons. The molecule has 2 heterocycles. The van der Waals surface area contributed by atoms with Gasteiger partial charge in [0, 0.05) is 29.1 Å². The van der Waals surface area contributed by atoms with Crippen LogP contribution in [0.15, 0.2) is 70.4 Å². The number of hydrogen-bond acceptors (Lipinski definition) is 7. The molecule has 0 aliphatic carbocycles. The summed E-state index contributed by atoms with van der Waals surface area (Å²) < 4.78 is 7.15. The minimum Gasteiger partial charge on any atom is -0.487 e. The van der Waals surface area contributed by atoms with Crippen LogP contribution in [0.4, 0.5) is 5.69 Å². The Balaban J connectivity index is 1.36. The number of amides is 1. The second-order valence-corrected chi connectivity index (χ2v) is 9.08. The zero-order valence-corrected chi connectivity index (χ0v) is 19.1. The molecule has 4 rings (SSSR count). The first kappa shape index (κ1) is 22.0. The summed E-state index contributed by atoms with van der Waals surface area (Å²) in [5.41, 5.74) is 0.968. The van der Waals surface area contributed by atoms with Crippen molar-refractivity contribution < 1.29 is 9.53 Å². The lowest BCUT2D eigenvalue weighted by Crippen LogP contribution is -2.16. The Kier molecular flexibility index (Phi) is 7.18. The summed E-state index contributed by atoms with van der Waals surface area (Å²) >= 11 is 2.90. The quantitative estimate of drug-likeness (QED) is 0.368. The van der Waals surface area contributed by atoms with E-state index in [4.69, 9.17) is 4.74 Å². The summed E-state index contributed by atoms with van der Waals surface area (Å²) in [5.74, 6) is 0.804. The largest absolute Gasteiger partial charge is 0.487 e. The molecule has 0 aliphatic rings. The number of carbonyl (C=O) groups excluding carboxylic acids is 1. The van der Waals surface area contributed by atoms with Gasteiger partial charge in [-0.15, -0.1) is 11.8 Å². The molecule has 1 amide bonds. The lowest BCUT2D eigenvalue weighted by Gasteiger charge is -2.09. The van der Waals surface area contributed by atoms with Gasteiger partial charge in [-0.3, -0.25) is 9.59 Å². The average Bonchev–Trinajstić information content (AvgIpc) is 3.21. The van der Waals surface area contributed by atoms with Gasteiger partial charge in [-0.2, -0.15) is 9.61 Å². The lowest BCUT2D eigenvalue weighted by atomic mass is 10.3. The topological polar surface area (TPSA) is 85.6 Å². The molecule has 9 heteroatoms. The molecular formula is C23H22N4O3S2. The fourth-order valence-electron chi connectivity index (χ4n) is 2.97. The van der Waals surface area contributed by atoms with E-state index in [2.05, 4.69) is 22.3 Å². The van der Waals surface area contributed by atoms with Crippen molar-refractivity contribution in [2.24, 2.45) is 0 Å². The first-order chi connectivity index (χ1) is 15.6. The van der Waals surface area contributed by atoms with Gasteiger partial charge in [-0.25, -0.2) is 4.98 Å². The van der Waals surface area contributed by atoms with Crippen LogP contribution in [-0.2, 0) is 17.8 Å². The van der Waals surface area contributed by atoms with E-state index in [-0.39, 0.29) is 18.1 Å². The fourth-order valence-corrected chi connectivity index (χ4v) is 4.71. The van der Waals surface area contributed by atoms with Crippen LogP contribution in [0.1, 0.15) is 24.0 Å². The fraction of sp³-hybridized carbons (Fsp3) is 0.217. The number of fused-ring (bicyclic) bond motifs is 1. The molecule has 0 aliphatic heterocycles. The zero-order chi connectivity index (χ0) is 22.3. The van der Waals surface area contributed by atoms with Crippen LogP contribution in [0, 0.1) is 0 Å². The van der Waals surface area contributed by atoms with Crippen LogP contribution >= 0.6 is 23.1 Å². The number of aryl methyl sites for hydroxylation is 1. The highest BCUT2D eigenvalue weighted by molar-refractivity contribution is 8.00. The van der Waals surface area contributed by atoms with E-state index in [1.54, 1.807) is 24.3 Å². The predicted molar refractivity (Wildman–Crippen MR) is 128 cm³/mol. The van der Waals surface area contributed by atoms with Crippen LogP contribution in [0.5, 0.6) is 5.75 Å². The van der Waals surface area contributed by atoms with Crippen LogP contribution in [0.2, 0.25) is 0 Å². The highest BCUT2D eigenvalue weighted by Crippen LogP contribution is 2.21. The van der Waals surface area contributed by atoms with E-state index in [0.29, 0.717) is 27.8 Å². The van der Waals surface area contributed by atoms with Gasteiger partial charge in [0.1, 0.15) is 17.4 Å². The molecule has 0 saturated carbocycles. The summed E-state index contributed by atoms with van der Waals surface area (Å²) in [6.45, 7) is 2.22. The Hall–Kier alpha value is -3.17. The van der Waals surface area contributed by atoms with Crippen LogP contribution < -0.4 is 15.6 Å². The number of benzene rings is 2. The summed E-state index contributed by atoms with van der Waals surface area (Å²) in [5, 5.41) is 8.09. The normalized spacial score (nSPS) is 10.9. The summed E-state index contributed by atoms with van der Waals surface area (Å²) in [6, 6.07) is 18.4. The van der Waals surface area contributed by atoms with Gasteiger partial charge in [0.25, 0.3) is 5.56 Å². The SMILES string of the molecule is CCCc1nn2c(=O)cc(COc3cccc(NC(=O)CSc4ccccc4)c3)nc2s1. The first-order valence-corrected chi connectivity index (χ1v) is 12.0. The van der Waals surface area contributed by atoms with Crippen molar-refractivity contribution >= 4 is 39.7 Å². The van der Waals surface area contributed by atoms with E-state index in [1.165, 1.54) is 33.7 Å². The van der Waals surface area contributed by atoms with Crippen molar-refractivity contribution in [3.8, 4) is 5.75 Å².